The van der Waals surface area contributed by atoms with Crippen molar-refractivity contribution in [1.29, 1.82) is 0 Å². The Hall–Kier alpha value is -1.56. The molecule has 2 aromatic rings. The SMILES string of the molecule is Cn1[nH]c(Cc2ccc(F)c(F)c2)nc1=S. The standard InChI is InChI=1S/C10H9F2N3S/c1-15-10(16)13-9(14-15)5-6-2-3-7(11)8(12)4-6/h2-4H,5H2,1H3,(H,13,14,16). The highest BCUT2D eigenvalue weighted by Crippen LogP contribution is 2.11. The average molecular weight is 241 g/mol. The number of aromatic nitrogens is 3. The Morgan fingerprint density at radius 3 is 2.69 bits per heavy atom. The van der Waals surface area contributed by atoms with Gasteiger partial charge in [0.2, 0.25) is 4.77 Å². The predicted octanol–water partition coefficient (Wildman–Crippen LogP) is 2.35. The third-order valence-electron chi connectivity index (χ3n) is 2.17. The van der Waals surface area contributed by atoms with Gasteiger partial charge in [0.25, 0.3) is 0 Å². The molecule has 0 amide bonds. The van der Waals surface area contributed by atoms with Crippen LogP contribution in [0.2, 0.25) is 0 Å². The van der Waals surface area contributed by atoms with E-state index >= 15 is 0 Å². The molecule has 3 nitrogen and oxygen atoms in total. The quantitative estimate of drug-likeness (QED) is 0.819. The number of benzene rings is 1. The largest absolute Gasteiger partial charge is 0.283 e. The van der Waals surface area contributed by atoms with Crippen LogP contribution < -0.4 is 0 Å². The lowest BCUT2D eigenvalue weighted by atomic mass is 10.1. The molecule has 1 heterocycles. The first-order chi connectivity index (χ1) is 7.56. The fourth-order valence-corrected chi connectivity index (χ4v) is 1.53. The fourth-order valence-electron chi connectivity index (χ4n) is 1.38. The third-order valence-corrected chi connectivity index (χ3v) is 2.54. The summed E-state index contributed by atoms with van der Waals surface area (Å²) < 4.78 is 27.6. The van der Waals surface area contributed by atoms with Crippen LogP contribution in [0.3, 0.4) is 0 Å². The Kier molecular flexibility index (Phi) is 2.82. The Bertz CT molecular complexity index is 574. The zero-order valence-electron chi connectivity index (χ0n) is 8.50. The molecule has 0 aliphatic rings. The predicted molar refractivity (Wildman–Crippen MR) is 57.6 cm³/mol. The topological polar surface area (TPSA) is 33.6 Å². The van der Waals surface area contributed by atoms with E-state index in [0.717, 1.165) is 12.1 Å². The third kappa shape index (κ3) is 2.16. The van der Waals surface area contributed by atoms with E-state index in [1.54, 1.807) is 11.7 Å². The van der Waals surface area contributed by atoms with Gasteiger partial charge in [-0.2, -0.15) is 0 Å². The lowest BCUT2D eigenvalue weighted by Gasteiger charge is -1.99. The average Bonchev–Trinajstić information content (AvgIpc) is 2.52. The van der Waals surface area contributed by atoms with Gasteiger partial charge >= 0.3 is 0 Å². The van der Waals surface area contributed by atoms with Crippen molar-refractivity contribution in [2.24, 2.45) is 7.05 Å². The Labute approximate surface area is 95.7 Å². The maximum atomic E-state index is 12.9. The maximum Gasteiger partial charge on any atom is 0.215 e. The minimum atomic E-state index is -0.855. The zero-order chi connectivity index (χ0) is 11.7. The van der Waals surface area contributed by atoms with Crippen LogP contribution in [0.5, 0.6) is 0 Å². The maximum absolute atomic E-state index is 12.9. The summed E-state index contributed by atoms with van der Waals surface area (Å²) in [5, 5.41) is 2.91. The summed E-state index contributed by atoms with van der Waals surface area (Å²) in [4.78, 5) is 4.06. The van der Waals surface area contributed by atoms with Crippen LogP contribution in [0.25, 0.3) is 0 Å². The minimum absolute atomic E-state index is 0.391. The molecule has 0 aliphatic heterocycles. The highest BCUT2D eigenvalue weighted by molar-refractivity contribution is 7.71. The molecular weight excluding hydrogens is 232 g/mol. The van der Waals surface area contributed by atoms with E-state index in [1.165, 1.54) is 6.07 Å². The van der Waals surface area contributed by atoms with E-state index in [-0.39, 0.29) is 0 Å². The van der Waals surface area contributed by atoms with E-state index in [1.807, 2.05) is 0 Å². The molecule has 0 fully saturated rings. The first-order valence-electron chi connectivity index (χ1n) is 4.62. The first-order valence-corrected chi connectivity index (χ1v) is 5.03. The molecule has 0 atom stereocenters. The van der Waals surface area contributed by atoms with Gasteiger partial charge in [0.1, 0.15) is 5.82 Å². The molecule has 0 spiro atoms. The molecule has 0 radical (unpaired) electrons. The molecule has 84 valence electrons. The van der Waals surface area contributed by atoms with Crippen LogP contribution in [0.15, 0.2) is 18.2 Å². The number of H-pyrrole nitrogens is 1. The van der Waals surface area contributed by atoms with Crippen molar-refractivity contribution >= 4 is 12.2 Å². The number of halogens is 2. The van der Waals surface area contributed by atoms with Crippen molar-refractivity contribution < 1.29 is 8.78 Å². The smallest absolute Gasteiger partial charge is 0.215 e. The van der Waals surface area contributed by atoms with Gasteiger partial charge in [0.15, 0.2) is 11.6 Å². The molecule has 2 rings (SSSR count). The summed E-state index contributed by atoms with van der Waals surface area (Å²) in [5.74, 6) is -1.08. The van der Waals surface area contributed by atoms with Gasteiger partial charge in [-0.05, 0) is 29.9 Å². The van der Waals surface area contributed by atoms with Crippen LogP contribution in [0, 0.1) is 16.4 Å². The van der Waals surface area contributed by atoms with E-state index in [4.69, 9.17) is 12.2 Å². The van der Waals surface area contributed by atoms with Crippen molar-refractivity contribution in [1.82, 2.24) is 14.8 Å². The van der Waals surface area contributed by atoms with Crippen molar-refractivity contribution in [2.75, 3.05) is 0 Å². The molecule has 6 heteroatoms. The summed E-state index contributed by atoms with van der Waals surface area (Å²) >= 11 is 4.92. The van der Waals surface area contributed by atoms with E-state index in [9.17, 15) is 8.78 Å². The van der Waals surface area contributed by atoms with Gasteiger partial charge in [-0.3, -0.25) is 9.78 Å². The minimum Gasteiger partial charge on any atom is -0.283 e. The zero-order valence-corrected chi connectivity index (χ0v) is 9.31. The lowest BCUT2D eigenvalue weighted by Crippen LogP contribution is -1.95. The molecule has 0 bridgehead atoms. The van der Waals surface area contributed by atoms with Crippen LogP contribution in [-0.2, 0) is 13.5 Å². The summed E-state index contributed by atoms with van der Waals surface area (Å²) in [6.07, 6.45) is 0.391. The Morgan fingerprint density at radius 2 is 2.12 bits per heavy atom. The van der Waals surface area contributed by atoms with E-state index in [0.29, 0.717) is 22.6 Å². The number of nitrogens with zero attached hydrogens (tertiary/aromatic N) is 2. The first kappa shape index (κ1) is 10.9. The van der Waals surface area contributed by atoms with E-state index in [2.05, 4.69) is 10.1 Å². The van der Waals surface area contributed by atoms with Crippen LogP contribution >= 0.6 is 12.2 Å². The molecular formula is C10H9F2N3S. The van der Waals surface area contributed by atoms with E-state index < -0.39 is 11.6 Å². The molecule has 0 aliphatic carbocycles. The fraction of sp³-hybridized carbons (Fsp3) is 0.200. The van der Waals surface area contributed by atoms with Gasteiger partial charge in [0.05, 0.1) is 0 Å². The summed E-state index contributed by atoms with van der Waals surface area (Å²) in [6, 6.07) is 3.77. The summed E-state index contributed by atoms with van der Waals surface area (Å²) in [7, 11) is 1.74. The lowest BCUT2D eigenvalue weighted by molar-refractivity contribution is 0.507. The second-order valence-corrected chi connectivity index (χ2v) is 3.80. The van der Waals surface area contributed by atoms with Crippen molar-refractivity contribution in [3.05, 3.63) is 46.0 Å². The van der Waals surface area contributed by atoms with Gasteiger partial charge in [-0.15, -0.1) is 0 Å². The molecule has 16 heavy (non-hydrogen) atoms. The molecule has 0 unspecified atom stereocenters. The Balaban J connectivity index is 2.27. The number of hydrogen-bond donors (Lipinski definition) is 1. The number of nitrogens with one attached hydrogen (secondary N) is 1. The number of hydrogen-bond acceptors (Lipinski definition) is 2. The van der Waals surface area contributed by atoms with Crippen LogP contribution in [-0.4, -0.2) is 14.8 Å². The molecule has 1 aromatic heterocycles. The summed E-state index contributed by atoms with van der Waals surface area (Å²) in [5.41, 5.74) is 0.642. The van der Waals surface area contributed by atoms with Crippen molar-refractivity contribution in [2.45, 2.75) is 6.42 Å². The Morgan fingerprint density at radius 1 is 1.38 bits per heavy atom. The normalized spacial score (nSPS) is 10.7. The molecule has 1 N–H and O–H groups in total. The van der Waals surface area contributed by atoms with Gasteiger partial charge in [-0.1, -0.05) is 6.07 Å². The number of aryl methyl sites for hydroxylation is 1. The van der Waals surface area contributed by atoms with Gasteiger partial charge in [0, 0.05) is 13.5 Å². The number of rotatable bonds is 2. The second kappa shape index (κ2) is 4.13. The second-order valence-electron chi connectivity index (χ2n) is 3.44. The number of aromatic amines is 1. The van der Waals surface area contributed by atoms with Crippen LogP contribution in [0.1, 0.15) is 11.4 Å². The highest BCUT2D eigenvalue weighted by atomic mass is 32.1. The summed E-state index contributed by atoms with van der Waals surface area (Å²) in [6.45, 7) is 0. The molecule has 1 aromatic carbocycles. The molecule has 0 saturated heterocycles. The monoisotopic (exact) mass is 241 g/mol. The highest BCUT2D eigenvalue weighted by Gasteiger charge is 2.05. The van der Waals surface area contributed by atoms with Gasteiger partial charge < -0.3 is 0 Å². The molecule has 0 saturated carbocycles. The van der Waals surface area contributed by atoms with Crippen molar-refractivity contribution in [3.63, 3.8) is 0 Å². The van der Waals surface area contributed by atoms with Crippen molar-refractivity contribution in [3.8, 4) is 0 Å². The van der Waals surface area contributed by atoms with Crippen LogP contribution in [0.4, 0.5) is 8.78 Å². The van der Waals surface area contributed by atoms with Gasteiger partial charge in [-0.25, -0.2) is 13.8 Å².